The topological polar surface area (TPSA) is 30.2 Å². The number of rotatable bonds is 3. The summed E-state index contributed by atoms with van der Waals surface area (Å²) in [5.74, 6) is -0.0623. The van der Waals surface area contributed by atoms with E-state index in [1.807, 2.05) is 30.3 Å². The van der Waals surface area contributed by atoms with Gasteiger partial charge in [0.15, 0.2) is 5.76 Å². The second-order valence-corrected chi connectivity index (χ2v) is 3.62. The molecule has 1 aromatic heterocycles. The van der Waals surface area contributed by atoms with E-state index in [9.17, 15) is 4.79 Å². The van der Waals surface area contributed by atoms with Crippen LogP contribution < -0.4 is 0 Å². The summed E-state index contributed by atoms with van der Waals surface area (Å²) in [6.45, 7) is 0. The van der Waals surface area contributed by atoms with Crippen molar-refractivity contribution in [3.63, 3.8) is 0 Å². The molecule has 2 aromatic rings. The maximum atomic E-state index is 11.7. The molecule has 0 saturated heterocycles. The minimum Gasteiger partial charge on any atom is -0.461 e. The Morgan fingerprint density at radius 1 is 1.12 bits per heavy atom. The third-order valence-corrected chi connectivity index (χ3v) is 2.34. The number of hydrogen-bond acceptors (Lipinski definition) is 2. The summed E-state index contributed by atoms with van der Waals surface area (Å²) in [5.41, 5.74) is 0.882. The first kappa shape index (κ1) is 10.7. The summed E-state index contributed by atoms with van der Waals surface area (Å²) in [7, 11) is 0. The van der Waals surface area contributed by atoms with Crippen molar-refractivity contribution in [3.8, 4) is 0 Å². The van der Waals surface area contributed by atoms with Crippen LogP contribution in [-0.4, -0.2) is 5.78 Å². The lowest BCUT2D eigenvalue weighted by Crippen LogP contribution is -1.96. The molecule has 0 unspecified atom stereocenters. The molecule has 0 spiro atoms. The number of ketones is 1. The Labute approximate surface area is 98.2 Å². The number of furan rings is 1. The van der Waals surface area contributed by atoms with Crippen LogP contribution in [0, 0.1) is 0 Å². The second kappa shape index (κ2) is 4.81. The van der Waals surface area contributed by atoms with E-state index in [0.717, 1.165) is 5.56 Å². The van der Waals surface area contributed by atoms with Crippen molar-refractivity contribution in [2.75, 3.05) is 0 Å². The van der Waals surface area contributed by atoms with Crippen LogP contribution in [0.15, 0.2) is 58.2 Å². The van der Waals surface area contributed by atoms with Crippen LogP contribution in [0.2, 0.25) is 0 Å². The Hall–Kier alpha value is -1.80. The van der Waals surface area contributed by atoms with Gasteiger partial charge in [0.05, 0.1) is 11.3 Å². The Morgan fingerprint density at radius 2 is 1.88 bits per heavy atom. The maximum Gasteiger partial charge on any atom is 0.239 e. The summed E-state index contributed by atoms with van der Waals surface area (Å²) in [6.07, 6.45) is 3.06. The lowest BCUT2D eigenvalue weighted by atomic mass is 10.2. The van der Waals surface area contributed by atoms with Gasteiger partial charge in [-0.2, -0.15) is 0 Å². The molecular formula is C13H9ClO2. The SMILES string of the molecule is O=C(/C(Cl)=C/c1ccccc1)c1ccco1. The predicted molar refractivity (Wildman–Crippen MR) is 63.3 cm³/mol. The molecule has 0 amide bonds. The number of allylic oxidation sites excluding steroid dienone is 1. The lowest BCUT2D eigenvalue weighted by Gasteiger charge is -1.96. The number of carbonyl (C=O) groups is 1. The molecule has 3 heteroatoms. The third kappa shape index (κ3) is 2.41. The first-order valence-electron chi connectivity index (χ1n) is 4.78. The van der Waals surface area contributed by atoms with Crippen LogP contribution in [0.25, 0.3) is 6.08 Å². The predicted octanol–water partition coefficient (Wildman–Crippen LogP) is 3.74. The minimum absolute atomic E-state index is 0.140. The highest BCUT2D eigenvalue weighted by Crippen LogP contribution is 2.16. The zero-order chi connectivity index (χ0) is 11.4. The van der Waals surface area contributed by atoms with Gasteiger partial charge in [-0.3, -0.25) is 4.79 Å². The molecule has 16 heavy (non-hydrogen) atoms. The average Bonchev–Trinajstić information content (AvgIpc) is 2.83. The highest BCUT2D eigenvalue weighted by molar-refractivity contribution is 6.46. The largest absolute Gasteiger partial charge is 0.461 e. The van der Waals surface area contributed by atoms with Gasteiger partial charge in [-0.25, -0.2) is 0 Å². The van der Waals surface area contributed by atoms with Crippen LogP contribution in [0.5, 0.6) is 0 Å². The molecule has 0 saturated carbocycles. The smallest absolute Gasteiger partial charge is 0.239 e. The monoisotopic (exact) mass is 232 g/mol. The number of benzene rings is 1. The number of halogens is 1. The van der Waals surface area contributed by atoms with Gasteiger partial charge < -0.3 is 4.42 Å². The molecule has 80 valence electrons. The summed E-state index contributed by atoms with van der Waals surface area (Å²) < 4.78 is 4.98. The number of hydrogen-bond donors (Lipinski definition) is 0. The average molecular weight is 233 g/mol. The van der Waals surface area contributed by atoms with Crippen LogP contribution in [0.4, 0.5) is 0 Å². The van der Waals surface area contributed by atoms with E-state index in [0.29, 0.717) is 0 Å². The number of Topliss-reactive ketones (excluding diaryl/α,β-unsaturated/α-hetero) is 1. The van der Waals surface area contributed by atoms with Gasteiger partial charge in [0.25, 0.3) is 0 Å². The quantitative estimate of drug-likeness (QED) is 0.596. The van der Waals surface area contributed by atoms with E-state index in [1.165, 1.54) is 6.26 Å². The second-order valence-electron chi connectivity index (χ2n) is 3.21. The van der Waals surface area contributed by atoms with E-state index in [-0.39, 0.29) is 16.6 Å². The molecule has 0 aliphatic rings. The Kier molecular flexibility index (Phi) is 3.22. The molecular weight excluding hydrogens is 224 g/mol. The summed E-state index contributed by atoms with van der Waals surface area (Å²) in [6, 6.07) is 12.7. The van der Waals surface area contributed by atoms with Crippen LogP contribution >= 0.6 is 11.6 Å². The van der Waals surface area contributed by atoms with Gasteiger partial charge in [-0.1, -0.05) is 41.9 Å². The fourth-order valence-corrected chi connectivity index (χ4v) is 1.51. The van der Waals surface area contributed by atoms with Gasteiger partial charge in [0.2, 0.25) is 5.78 Å². The Balaban J connectivity index is 2.23. The lowest BCUT2D eigenvalue weighted by molar-refractivity contribution is 0.101. The maximum absolute atomic E-state index is 11.7. The zero-order valence-corrected chi connectivity index (χ0v) is 9.15. The van der Waals surface area contributed by atoms with E-state index < -0.39 is 0 Å². The van der Waals surface area contributed by atoms with Crippen LogP contribution in [0.1, 0.15) is 16.1 Å². The van der Waals surface area contributed by atoms with Gasteiger partial charge in [-0.05, 0) is 23.8 Å². The Morgan fingerprint density at radius 3 is 2.50 bits per heavy atom. The highest BCUT2D eigenvalue weighted by atomic mass is 35.5. The molecule has 0 aliphatic heterocycles. The molecule has 0 N–H and O–H groups in total. The first-order chi connectivity index (χ1) is 7.77. The van der Waals surface area contributed by atoms with Crippen molar-refractivity contribution >= 4 is 23.5 Å². The van der Waals surface area contributed by atoms with Crippen molar-refractivity contribution < 1.29 is 9.21 Å². The van der Waals surface area contributed by atoms with Crippen molar-refractivity contribution in [2.45, 2.75) is 0 Å². The molecule has 2 nitrogen and oxygen atoms in total. The van der Waals surface area contributed by atoms with Gasteiger partial charge in [-0.15, -0.1) is 0 Å². The molecule has 0 atom stereocenters. The summed E-state index contributed by atoms with van der Waals surface area (Å²) >= 11 is 5.91. The molecule has 1 aromatic carbocycles. The zero-order valence-electron chi connectivity index (χ0n) is 8.39. The van der Waals surface area contributed by atoms with Crippen molar-refractivity contribution in [3.05, 3.63) is 65.1 Å². The fourth-order valence-electron chi connectivity index (χ4n) is 1.29. The minimum atomic E-state index is -0.310. The van der Waals surface area contributed by atoms with E-state index in [2.05, 4.69) is 0 Å². The van der Waals surface area contributed by atoms with Gasteiger partial charge in [0.1, 0.15) is 0 Å². The van der Waals surface area contributed by atoms with E-state index in [1.54, 1.807) is 18.2 Å². The van der Waals surface area contributed by atoms with E-state index in [4.69, 9.17) is 16.0 Å². The molecule has 0 radical (unpaired) electrons. The van der Waals surface area contributed by atoms with Gasteiger partial charge >= 0.3 is 0 Å². The van der Waals surface area contributed by atoms with Gasteiger partial charge in [0, 0.05) is 0 Å². The highest BCUT2D eigenvalue weighted by Gasteiger charge is 2.12. The summed E-state index contributed by atoms with van der Waals surface area (Å²) in [4.78, 5) is 11.7. The standard InChI is InChI=1S/C13H9ClO2/c14-11(9-10-5-2-1-3-6-10)13(15)12-7-4-8-16-12/h1-9H/b11-9-. The third-order valence-electron chi connectivity index (χ3n) is 2.05. The molecule has 2 rings (SSSR count). The van der Waals surface area contributed by atoms with Crippen molar-refractivity contribution in [2.24, 2.45) is 0 Å². The van der Waals surface area contributed by atoms with Crippen molar-refractivity contribution in [1.82, 2.24) is 0 Å². The molecule has 0 aliphatic carbocycles. The van der Waals surface area contributed by atoms with E-state index >= 15 is 0 Å². The van der Waals surface area contributed by atoms with Crippen LogP contribution in [-0.2, 0) is 0 Å². The van der Waals surface area contributed by atoms with Crippen LogP contribution in [0.3, 0.4) is 0 Å². The Bertz CT molecular complexity index is 498. The molecule has 1 heterocycles. The first-order valence-corrected chi connectivity index (χ1v) is 5.15. The fraction of sp³-hybridized carbons (Fsp3) is 0. The molecule has 0 fully saturated rings. The normalized spacial score (nSPS) is 11.4. The number of carbonyl (C=O) groups excluding carboxylic acids is 1. The summed E-state index contributed by atoms with van der Waals surface area (Å²) in [5, 5.41) is 0.140. The van der Waals surface area contributed by atoms with Crippen molar-refractivity contribution in [1.29, 1.82) is 0 Å². The molecule has 0 bridgehead atoms.